The lowest BCUT2D eigenvalue weighted by Gasteiger charge is -2.20. The maximum atomic E-state index is 3.67. The standard InChI is InChI=1S/C29H49ISi/c1-8-12-14-16-24(10-3)20-27-23-29(30)28(21-25(11-4)17-15-13-9-2)22-26(27)18-19-31(5,6)7/h22-25H,8-17,20-21H2,1-7H3. The van der Waals surface area contributed by atoms with E-state index in [1.54, 1.807) is 0 Å². The molecule has 176 valence electrons. The fraction of sp³-hybridized carbons (Fsp3) is 0.724. The minimum absolute atomic E-state index is 0.790. The number of unbranched alkanes of at least 4 members (excludes halogenated alkanes) is 4. The highest BCUT2D eigenvalue weighted by Gasteiger charge is 2.16. The van der Waals surface area contributed by atoms with E-state index in [-0.39, 0.29) is 0 Å². The van der Waals surface area contributed by atoms with Crippen molar-refractivity contribution in [3.05, 3.63) is 32.4 Å². The Labute approximate surface area is 209 Å². The van der Waals surface area contributed by atoms with Crippen LogP contribution in [0.2, 0.25) is 19.6 Å². The zero-order chi connectivity index (χ0) is 23.3. The van der Waals surface area contributed by atoms with E-state index in [1.165, 1.54) is 97.3 Å². The molecule has 0 radical (unpaired) electrons. The van der Waals surface area contributed by atoms with E-state index in [0.717, 1.165) is 11.8 Å². The maximum Gasteiger partial charge on any atom is 0.129 e. The zero-order valence-corrected chi connectivity index (χ0v) is 24.8. The third kappa shape index (κ3) is 12.0. The zero-order valence-electron chi connectivity index (χ0n) is 21.7. The SMILES string of the molecule is CCCCCC(CC)Cc1cc(C#C[Si](C)(C)C)c(CC(CC)CCCCC)cc1I. The molecule has 1 aromatic carbocycles. The van der Waals surface area contributed by atoms with Crippen molar-refractivity contribution < 1.29 is 0 Å². The van der Waals surface area contributed by atoms with E-state index in [9.17, 15) is 0 Å². The lowest BCUT2D eigenvalue weighted by molar-refractivity contribution is 0.439. The molecule has 0 aliphatic rings. The summed E-state index contributed by atoms with van der Waals surface area (Å²) < 4.78 is 1.46. The highest BCUT2D eigenvalue weighted by Crippen LogP contribution is 2.28. The Bertz CT molecular complexity index is 689. The van der Waals surface area contributed by atoms with Crippen molar-refractivity contribution in [2.45, 2.75) is 124 Å². The summed E-state index contributed by atoms with van der Waals surface area (Å²) in [5.74, 6) is 5.27. The van der Waals surface area contributed by atoms with Crippen LogP contribution in [0, 0.1) is 26.9 Å². The first kappa shape index (κ1) is 28.8. The molecule has 0 N–H and O–H groups in total. The lowest BCUT2D eigenvalue weighted by Crippen LogP contribution is -2.16. The van der Waals surface area contributed by atoms with Crippen molar-refractivity contribution in [3.8, 4) is 11.5 Å². The minimum atomic E-state index is -1.39. The summed E-state index contributed by atoms with van der Waals surface area (Å²) in [4.78, 5) is 0. The normalized spacial score (nSPS) is 13.5. The Hall–Kier alpha value is -0.273. The van der Waals surface area contributed by atoms with Crippen molar-refractivity contribution in [3.63, 3.8) is 0 Å². The molecule has 0 nitrogen and oxygen atoms in total. The number of benzene rings is 1. The molecular weight excluding hydrogens is 503 g/mol. The molecule has 0 heterocycles. The van der Waals surface area contributed by atoms with Crippen molar-refractivity contribution in [2.75, 3.05) is 0 Å². The fourth-order valence-electron chi connectivity index (χ4n) is 4.24. The molecule has 2 heteroatoms. The number of rotatable bonds is 14. The summed E-state index contributed by atoms with van der Waals surface area (Å²) in [5, 5.41) is 0. The van der Waals surface area contributed by atoms with Gasteiger partial charge in [0.05, 0.1) is 0 Å². The third-order valence-corrected chi connectivity index (χ3v) is 8.33. The number of hydrogen-bond donors (Lipinski definition) is 0. The molecule has 0 aromatic heterocycles. The van der Waals surface area contributed by atoms with Crippen LogP contribution in [0.4, 0.5) is 0 Å². The van der Waals surface area contributed by atoms with Gasteiger partial charge in [-0.25, -0.2) is 0 Å². The molecule has 0 aliphatic carbocycles. The number of hydrogen-bond acceptors (Lipinski definition) is 0. The van der Waals surface area contributed by atoms with Crippen LogP contribution in [0.1, 0.15) is 109 Å². The summed E-state index contributed by atoms with van der Waals surface area (Å²) in [6.45, 7) is 16.4. The molecule has 2 atom stereocenters. The van der Waals surface area contributed by atoms with E-state index in [1.807, 2.05) is 0 Å². The highest BCUT2D eigenvalue weighted by molar-refractivity contribution is 14.1. The Morgan fingerprint density at radius 2 is 1.29 bits per heavy atom. The van der Waals surface area contributed by atoms with Crippen LogP contribution in [-0.2, 0) is 12.8 Å². The van der Waals surface area contributed by atoms with Gasteiger partial charge in [-0.15, -0.1) is 5.54 Å². The monoisotopic (exact) mass is 552 g/mol. The summed E-state index contributed by atoms with van der Waals surface area (Å²) in [5.41, 5.74) is 8.03. The molecular formula is C29H49ISi. The molecule has 0 saturated heterocycles. The van der Waals surface area contributed by atoms with Gasteiger partial charge in [-0.2, -0.15) is 0 Å². The number of halogens is 1. The Morgan fingerprint density at radius 1 is 0.774 bits per heavy atom. The highest BCUT2D eigenvalue weighted by atomic mass is 127. The van der Waals surface area contributed by atoms with Crippen LogP contribution >= 0.6 is 22.6 Å². The quantitative estimate of drug-likeness (QED) is 0.0933. The largest absolute Gasteiger partial charge is 0.129 e. The molecule has 0 amide bonds. The van der Waals surface area contributed by atoms with Crippen molar-refractivity contribution >= 4 is 30.7 Å². The molecule has 31 heavy (non-hydrogen) atoms. The maximum absolute atomic E-state index is 3.67. The Morgan fingerprint density at radius 3 is 1.74 bits per heavy atom. The molecule has 1 rings (SSSR count). The van der Waals surface area contributed by atoms with Gasteiger partial charge in [0.1, 0.15) is 8.07 Å². The van der Waals surface area contributed by atoms with Gasteiger partial charge in [-0.3, -0.25) is 0 Å². The second-order valence-corrected chi connectivity index (χ2v) is 16.5. The smallest absolute Gasteiger partial charge is 0.127 e. The fourth-order valence-corrected chi connectivity index (χ4v) is 5.51. The van der Waals surface area contributed by atoms with Crippen LogP contribution < -0.4 is 0 Å². The lowest BCUT2D eigenvalue weighted by atomic mass is 9.87. The predicted molar refractivity (Wildman–Crippen MR) is 153 cm³/mol. The second kappa shape index (κ2) is 15.5. The summed E-state index contributed by atoms with van der Waals surface area (Å²) >= 11 is 2.60. The van der Waals surface area contributed by atoms with Gasteiger partial charge in [0, 0.05) is 9.13 Å². The second-order valence-electron chi connectivity index (χ2n) is 10.5. The first-order chi connectivity index (χ1) is 14.7. The minimum Gasteiger partial charge on any atom is -0.127 e. The van der Waals surface area contributed by atoms with Gasteiger partial charge in [0.2, 0.25) is 0 Å². The third-order valence-electron chi connectivity index (χ3n) is 6.45. The molecule has 2 unspecified atom stereocenters. The Kier molecular flexibility index (Phi) is 14.4. The van der Waals surface area contributed by atoms with Crippen LogP contribution in [0.15, 0.2) is 12.1 Å². The molecule has 0 spiro atoms. The predicted octanol–water partition coefficient (Wildman–Crippen LogP) is 9.82. The summed E-state index contributed by atoms with van der Waals surface area (Å²) in [6.07, 6.45) is 15.8. The molecule has 0 aliphatic heterocycles. The van der Waals surface area contributed by atoms with E-state index >= 15 is 0 Å². The van der Waals surface area contributed by atoms with Crippen molar-refractivity contribution in [1.82, 2.24) is 0 Å². The summed E-state index contributed by atoms with van der Waals surface area (Å²) in [6, 6.07) is 4.97. The van der Waals surface area contributed by atoms with Gasteiger partial charge in [-0.1, -0.05) is 117 Å². The van der Waals surface area contributed by atoms with Crippen LogP contribution in [0.25, 0.3) is 0 Å². The first-order valence-electron chi connectivity index (χ1n) is 13.1. The van der Waals surface area contributed by atoms with Crippen molar-refractivity contribution in [1.29, 1.82) is 0 Å². The van der Waals surface area contributed by atoms with Crippen LogP contribution in [0.5, 0.6) is 0 Å². The van der Waals surface area contributed by atoms with Crippen LogP contribution in [-0.4, -0.2) is 8.07 Å². The topological polar surface area (TPSA) is 0 Å². The van der Waals surface area contributed by atoms with Gasteiger partial charge in [0.25, 0.3) is 0 Å². The van der Waals surface area contributed by atoms with Gasteiger partial charge < -0.3 is 0 Å². The van der Waals surface area contributed by atoms with E-state index in [4.69, 9.17) is 0 Å². The average Bonchev–Trinajstić information content (AvgIpc) is 2.72. The van der Waals surface area contributed by atoms with Crippen LogP contribution in [0.3, 0.4) is 0 Å². The molecule has 0 fully saturated rings. The van der Waals surface area contributed by atoms with E-state index in [0.29, 0.717) is 0 Å². The molecule has 0 saturated carbocycles. The van der Waals surface area contributed by atoms with Gasteiger partial charge >= 0.3 is 0 Å². The van der Waals surface area contributed by atoms with Crippen molar-refractivity contribution in [2.24, 2.45) is 11.8 Å². The Balaban J connectivity index is 3.16. The van der Waals surface area contributed by atoms with Gasteiger partial charge in [-0.05, 0) is 70.5 Å². The van der Waals surface area contributed by atoms with Gasteiger partial charge in [0.15, 0.2) is 0 Å². The van der Waals surface area contributed by atoms with E-state index < -0.39 is 8.07 Å². The molecule has 1 aromatic rings. The van der Waals surface area contributed by atoms with E-state index in [2.05, 4.69) is 93.5 Å². The summed E-state index contributed by atoms with van der Waals surface area (Å²) in [7, 11) is -1.39. The first-order valence-corrected chi connectivity index (χ1v) is 17.7. The molecule has 0 bridgehead atoms. The average molecular weight is 553 g/mol.